The fourth-order valence-corrected chi connectivity index (χ4v) is 4.12. The molecule has 122 valence electrons. The fraction of sp³-hybridized carbons (Fsp3) is 0.250. The molecule has 1 heterocycles. The van der Waals surface area contributed by atoms with Crippen molar-refractivity contribution in [3.63, 3.8) is 0 Å². The van der Waals surface area contributed by atoms with Gasteiger partial charge in [0, 0.05) is 23.2 Å². The lowest BCUT2D eigenvalue weighted by molar-refractivity contribution is -0.151. The quantitative estimate of drug-likeness (QED) is 0.795. The van der Waals surface area contributed by atoms with Gasteiger partial charge in [-0.2, -0.15) is 0 Å². The Kier molecular flexibility index (Phi) is 3.02. The highest BCUT2D eigenvalue weighted by Gasteiger charge is 2.63. The molecule has 4 heteroatoms. The molecule has 4 rings (SSSR count). The Bertz CT molecular complexity index is 901. The lowest BCUT2D eigenvalue weighted by Gasteiger charge is -2.45. The summed E-state index contributed by atoms with van der Waals surface area (Å²) in [6, 6.07) is 14.8. The van der Waals surface area contributed by atoms with Gasteiger partial charge in [-0.3, -0.25) is 4.79 Å². The van der Waals surface area contributed by atoms with Crippen molar-refractivity contribution in [2.75, 3.05) is 0 Å². The van der Waals surface area contributed by atoms with Crippen LogP contribution in [0.15, 0.2) is 59.8 Å². The van der Waals surface area contributed by atoms with E-state index in [4.69, 9.17) is 0 Å². The zero-order valence-corrected chi connectivity index (χ0v) is 13.6. The zero-order valence-electron chi connectivity index (χ0n) is 13.6. The Morgan fingerprint density at radius 2 is 1.54 bits per heavy atom. The third kappa shape index (κ3) is 1.57. The Hall–Kier alpha value is -2.43. The van der Waals surface area contributed by atoms with Crippen LogP contribution in [-0.2, 0) is 16.1 Å². The van der Waals surface area contributed by atoms with E-state index in [0.29, 0.717) is 16.8 Å². The fourth-order valence-electron chi connectivity index (χ4n) is 4.12. The lowest BCUT2D eigenvalue weighted by Crippen LogP contribution is -2.56. The molecule has 1 aliphatic heterocycles. The Morgan fingerprint density at radius 1 is 1.00 bits per heavy atom. The number of aliphatic hydroxyl groups is 2. The summed E-state index contributed by atoms with van der Waals surface area (Å²) in [5.74, 6) is -0.174. The Balaban J connectivity index is 2.12. The van der Waals surface area contributed by atoms with Crippen molar-refractivity contribution in [1.29, 1.82) is 0 Å². The maximum absolute atomic E-state index is 12.6. The largest absolute Gasteiger partial charge is 0.375 e. The number of ketones is 1. The highest BCUT2D eigenvalue weighted by Crippen LogP contribution is 2.57. The van der Waals surface area contributed by atoms with E-state index in [1.54, 1.807) is 26.0 Å². The van der Waals surface area contributed by atoms with Crippen molar-refractivity contribution in [3.8, 4) is 11.1 Å². The van der Waals surface area contributed by atoms with Gasteiger partial charge in [-0.1, -0.05) is 55.5 Å². The number of allylic oxidation sites excluding steroid dienone is 1. The van der Waals surface area contributed by atoms with Crippen molar-refractivity contribution < 1.29 is 15.0 Å². The molecule has 0 spiro atoms. The molecule has 0 saturated carbocycles. The molecule has 2 unspecified atom stereocenters. The highest BCUT2D eigenvalue weighted by atomic mass is 16.4. The average Bonchev–Trinajstić information content (AvgIpc) is 2.82. The second kappa shape index (κ2) is 4.79. The molecule has 1 aliphatic carbocycles. The van der Waals surface area contributed by atoms with Gasteiger partial charge in [0.25, 0.3) is 0 Å². The Labute approximate surface area is 140 Å². The number of Topliss-reactive ketones (excluding diaryl/α,β-unsaturated/α-hetero) is 1. The van der Waals surface area contributed by atoms with Gasteiger partial charge >= 0.3 is 0 Å². The van der Waals surface area contributed by atoms with E-state index >= 15 is 0 Å². The van der Waals surface area contributed by atoms with Crippen molar-refractivity contribution in [3.05, 3.63) is 70.9 Å². The van der Waals surface area contributed by atoms with Crippen LogP contribution in [0.1, 0.15) is 31.4 Å². The Morgan fingerprint density at radius 3 is 2.17 bits per heavy atom. The van der Waals surface area contributed by atoms with Crippen LogP contribution in [0, 0.1) is 0 Å². The SMILES string of the molecule is CCC(=O)C1=C(C)NC2(O)c3ccccc3-c3ccccc3C12O. The summed E-state index contributed by atoms with van der Waals surface area (Å²) >= 11 is 0. The van der Waals surface area contributed by atoms with Crippen LogP contribution in [-0.4, -0.2) is 16.0 Å². The van der Waals surface area contributed by atoms with E-state index in [1.807, 2.05) is 36.4 Å². The van der Waals surface area contributed by atoms with Crippen molar-refractivity contribution in [2.24, 2.45) is 0 Å². The van der Waals surface area contributed by atoms with E-state index in [-0.39, 0.29) is 17.8 Å². The van der Waals surface area contributed by atoms with Crippen LogP contribution < -0.4 is 5.32 Å². The summed E-state index contributed by atoms with van der Waals surface area (Å²) in [7, 11) is 0. The van der Waals surface area contributed by atoms with Crippen molar-refractivity contribution in [2.45, 2.75) is 31.6 Å². The predicted octanol–water partition coefficient (Wildman–Crippen LogP) is 2.56. The molecule has 2 aromatic rings. The van der Waals surface area contributed by atoms with Gasteiger partial charge in [0.15, 0.2) is 11.4 Å². The van der Waals surface area contributed by atoms with E-state index in [1.165, 1.54) is 0 Å². The summed E-state index contributed by atoms with van der Waals surface area (Å²) in [5, 5.41) is 26.2. The maximum atomic E-state index is 12.6. The number of carbonyl (C=O) groups is 1. The molecule has 0 amide bonds. The monoisotopic (exact) mass is 321 g/mol. The molecule has 2 atom stereocenters. The van der Waals surface area contributed by atoms with Gasteiger partial charge in [-0.05, 0) is 18.1 Å². The van der Waals surface area contributed by atoms with Gasteiger partial charge < -0.3 is 15.5 Å². The molecule has 24 heavy (non-hydrogen) atoms. The number of benzene rings is 2. The topological polar surface area (TPSA) is 69.6 Å². The molecule has 4 nitrogen and oxygen atoms in total. The molecule has 0 bridgehead atoms. The predicted molar refractivity (Wildman–Crippen MR) is 90.8 cm³/mol. The standard InChI is InChI=1S/C20H19NO3/c1-3-17(22)18-12(2)21-20(24)16-11-7-5-9-14(16)13-8-4-6-10-15(13)19(18,20)23/h4-11,21,23-24H,3H2,1-2H3. The van der Waals surface area contributed by atoms with Crippen LogP contribution in [0.2, 0.25) is 0 Å². The molecule has 2 aromatic carbocycles. The van der Waals surface area contributed by atoms with Gasteiger partial charge in [0.05, 0.1) is 5.57 Å². The van der Waals surface area contributed by atoms with Crippen molar-refractivity contribution in [1.82, 2.24) is 5.32 Å². The first-order valence-corrected chi connectivity index (χ1v) is 8.12. The van der Waals surface area contributed by atoms with Crippen LogP contribution in [0.25, 0.3) is 11.1 Å². The summed E-state index contributed by atoms with van der Waals surface area (Å²) < 4.78 is 0. The minimum Gasteiger partial charge on any atom is -0.375 e. The molecule has 0 aromatic heterocycles. The number of nitrogens with one attached hydrogen (secondary N) is 1. The first-order chi connectivity index (χ1) is 11.4. The second-order valence-electron chi connectivity index (χ2n) is 6.41. The summed E-state index contributed by atoms with van der Waals surface area (Å²) in [6.45, 7) is 3.48. The second-order valence-corrected chi connectivity index (χ2v) is 6.41. The third-order valence-electron chi connectivity index (χ3n) is 5.15. The average molecular weight is 321 g/mol. The van der Waals surface area contributed by atoms with E-state index in [9.17, 15) is 15.0 Å². The summed E-state index contributed by atoms with van der Waals surface area (Å²) in [5.41, 5.74) is -0.00862. The molecule has 2 aliphatic rings. The molecule has 3 N–H and O–H groups in total. The van der Waals surface area contributed by atoms with Crippen molar-refractivity contribution >= 4 is 5.78 Å². The van der Waals surface area contributed by atoms with Gasteiger partial charge in [-0.25, -0.2) is 0 Å². The highest BCUT2D eigenvalue weighted by molar-refractivity contribution is 6.00. The summed E-state index contributed by atoms with van der Waals surface area (Å²) in [6.07, 6.45) is 0.260. The van der Waals surface area contributed by atoms with Gasteiger partial charge in [0.2, 0.25) is 5.72 Å². The lowest BCUT2D eigenvalue weighted by atomic mass is 9.67. The number of hydrogen-bond donors (Lipinski definition) is 3. The minimum absolute atomic E-state index is 0.174. The van der Waals surface area contributed by atoms with E-state index < -0.39 is 11.3 Å². The molecular weight excluding hydrogens is 302 g/mol. The molecule has 0 fully saturated rings. The molecule has 0 radical (unpaired) electrons. The number of rotatable bonds is 2. The van der Waals surface area contributed by atoms with Gasteiger partial charge in [-0.15, -0.1) is 0 Å². The zero-order chi connectivity index (χ0) is 17.1. The number of hydrogen-bond acceptors (Lipinski definition) is 4. The van der Waals surface area contributed by atoms with E-state index in [2.05, 4.69) is 5.32 Å². The maximum Gasteiger partial charge on any atom is 0.201 e. The number of fused-ring (bicyclic) bond motifs is 6. The van der Waals surface area contributed by atoms with Crippen LogP contribution in [0.4, 0.5) is 0 Å². The van der Waals surface area contributed by atoms with Crippen LogP contribution >= 0.6 is 0 Å². The van der Waals surface area contributed by atoms with Crippen LogP contribution in [0.5, 0.6) is 0 Å². The first-order valence-electron chi connectivity index (χ1n) is 8.12. The van der Waals surface area contributed by atoms with E-state index in [0.717, 1.165) is 11.1 Å². The minimum atomic E-state index is -1.81. The molecule has 0 saturated heterocycles. The first kappa shape index (κ1) is 15.1. The summed E-state index contributed by atoms with van der Waals surface area (Å²) in [4.78, 5) is 12.6. The smallest absolute Gasteiger partial charge is 0.201 e. The third-order valence-corrected chi connectivity index (χ3v) is 5.15. The number of carbonyl (C=O) groups excluding carboxylic acids is 1. The molecular formula is C20H19NO3. The van der Waals surface area contributed by atoms with Gasteiger partial charge in [0.1, 0.15) is 0 Å². The normalized spacial score (nSPS) is 27.2. The van der Waals surface area contributed by atoms with Crippen LogP contribution in [0.3, 0.4) is 0 Å².